The van der Waals surface area contributed by atoms with E-state index in [4.69, 9.17) is 0 Å². The van der Waals surface area contributed by atoms with Crippen molar-refractivity contribution in [1.82, 2.24) is 0 Å². The Morgan fingerprint density at radius 1 is 0.386 bits per heavy atom. The average Bonchev–Trinajstić information content (AvgIpc) is 3.51. The smallest absolute Gasteiger partial charge is 0.0215 e. The Morgan fingerprint density at radius 3 is 1.30 bits per heavy atom. The van der Waals surface area contributed by atoms with Crippen LogP contribution in [-0.4, -0.2) is 0 Å². The lowest BCUT2D eigenvalue weighted by atomic mass is 9.68. The molecule has 0 aliphatic heterocycles. The quantitative estimate of drug-likeness (QED) is 0.0360. The average molecular weight is 1100 g/mol. The minimum absolute atomic E-state index is 0.00590. The maximum atomic E-state index is 2.74. The molecule has 0 heteroatoms. The highest BCUT2D eigenvalue weighted by atomic mass is 14.5. The Bertz CT molecular complexity index is 3120. The second kappa shape index (κ2) is 29.4. The van der Waals surface area contributed by atoms with Crippen molar-refractivity contribution in [2.75, 3.05) is 0 Å². The van der Waals surface area contributed by atoms with Crippen molar-refractivity contribution in [1.29, 1.82) is 0 Å². The van der Waals surface area contributed by atoms with Gasteiger partial charge in [-0.1, -0.05) is 347 Å². The molecule has 0 saturated carbocycles. The van der Waals surface area contributed by atoms with E-state index < -0.39 is 0 Å². The standard InChI is InChI=1S/C83H104/c1-6-10-14-18-22-32-54-82(55-33-23-19-15-11-7-2)77-61-70(67-42-40-66(41-43-67)64-36-28-26-29-37-64)45-49-73(77)74-50-46-71(62-78(74)82)68-52-58-81(5,59-53-68)72-47-51-76-75-48-44-69(65-38-30-27-31-39-65)60-79(75)83(80(76)63-72,56-34-24-20-16-12-8-3)57-35-25-21-17-13-9-4/h26-31,36-38,40-53,58,60-63,65H,6-25,32-35,39,54-57,59H2,1-5H3. The summed E-state index contributed by atoms with van der Waals surface area (Å²) in [6.07, 6.45) is 56.1. The van der Waals surface area contributed by atoms with Crippen LogP contribution in [0.3, 0.4) is 0 Å². The summed E-state index contributed by atoms with van der Waals surface area (Å²) in [7, 11) is 0. The lowest BCUT2D eigenvalue weighted by Crippen LogP contribution is -2.27. The second-order valence-corrected chi connectivity index (χ2v) is 26.5. The lowest BCUT2D eigenvalue weighted by Gasteiger charge is -2.35. The molecule has 0 bridgehead atoms. The Kier molecular flexibility index (Phi) is 21.4. The van der Waals surface area contributed by atoms with Gasteiger partial charge in [0.05, 0.1) is 0 Å². The molecule has 0 radical (unpaired) electrons. The van der Waals surface area contributed by atoms with Gasteiger partial charge >= 0.3 is 0 Å². The van der Waals surface area contributed by atoms with Gasteiger partial charge < -0.3 is 0 Å². The molecule has 0 amide bonds. The molecule has 0 heterocycles. The van der Waals surface area contributed by atoms with E-state index in [1.165, 1.54) is 247 Å². The van der Waals surface area contributed by atoms with Gasteiger partial charge in [0, 0.05) is 22.2 Å². The fourth-order valence-corrected chi connectivity index (χ4v) is 15.6. The molecule has 2 unspecified atom stereocenters. The first-order chi connectivity index (χ1) is 40.8. The highest BCUT2D eigenvalue weighted by Crippen LogP contribution is 2.58. The van der Waals surface area contributed by atoms with Crippen LogP contribution < -0.4 is 0 Å². The maximum Gasteiger partial charge on any atom is 0.0215 e. The zero-order valence-corrected chi connectivity index (χ0v) is 52.5. The SMILES string of the molecule is CCCCCCCCC1(CCCCCCCC)c2cc(C3=CCC(C)(c4ccc5c(c4)C(CCCCCCCC)(CCCCCCCC)c4cc(C6C=CC=CC6)ccc4-5)C=C3)ccc2-c2ccc(-c3ccc(-c4ccccc4)cc3)cc21. The highest BCUT2D eigenvalue weighted by Gasteiger charge is 2.45. The summed E-state index contributed by atoms with van der Waals surface area (Å²) < 4.78 is 0. The first kappa shape index (κ1) is 60.4. The first-order valence-corrected chi connectivity index (χ1v) is 34.3. The molecule has 4 aliphatic carbocycles. The van der Waals surface area contributed by atoms with Crippen LogP contribution in [0.4, 0.5) is 0 Å². The predicted molar refractivity (Wildman–Crippen MR) is 363 cm³/mol. The Labute approximate surface area is 505 Å². The Morgan fingerprint density at radius 2 is 0.807 bits per heavy atom. The number of fused-ring (bicyclic) bond motifs is 6. The van der Waals surface area contributed by atoms with Gasteiger partial charge in [-0.2, -0.15) is 0 Å². The third kappa shape index (κ3) is 13.9. The number of allylic oxidation sites excluding steroid dienone is 8. The van der Waals surface area contributed by atoms with E-state index in [1.807, 2.05) is 0 Å². The predicted octanol–water partition coefficient (Wildman–Crippen LogP) is 25.5. The minimum atomic E-state index is -0.0916. The van der Waals surface area contributed by atoms with Gasteiger partial charge in [0.2, 0.25) is 0 Å². The fraction of sp³-hybridized carbons (Fsp3) is 0.470. The minimum Gasteiger partial charge on any atom is -0.0836 e. The van der Waals surface area contributed by atoms with Gasteiger partial charge in [-0.25, -0.2) is 0 Å². The third-order valence-electron chi connectivity index (χ3n) is 20.7. The van der Waals surface area contributed by atoms with Gasteiger partial charge in [-0.3, -0.25) is 0 Å². The Balaban J connectivity index is 0.977. The van der Waals surface area contributed by atoms with Crippen molar-refractivity contribution in [2.45, 2.75) is 249 Å². The molecule has 2 atom stereocenters. The normalized spacial score (nSPS) is 17.8. The van der Waals surface area contributed by atoms with Crippen LogP contribution in [0.2, 0.25) is 0 Å². The molecular formula is C83H104. The molecule has 83 heavy (non-hydrogen) atoms. The van der Waals surface area contributed by atoms with E-state index in [9.17, 15) is 0 Å². The van der Waals surface area contributed by atoms with Crippen molar-refractivity contribution in [3.63, 3.8) is 0 Å². The van der Waals surface area contributed by atoms with Gasteiger partial charge in [0.1, 0.15) is 0 Å². The summed E-state index contributed by atoms with van der Waals surface area (Å²) in [6.45, 7) is 11.9. The molecule has 0 saturated heterocycles. The van der Waals surface area contributed by atoms with Crippen molar-refractivity contribution in [3.8, 4) is 44.5 Å². The van der Waals surface area contributed by atoms with Crippen LogP contribution in [0.25, 0.3) is 50.1 Å². The Hall–Kier alpha value is -5.72. The highest BCUT2D eigenvalue weighted by molar-refractivity contribution is 5.88. The van der Waals surface area contributed by atoms with Gasteiger partial charge in [0.25, 0.3) is 0 Å². The number of benzene rings is 6. The molecule has 10 rings (SSSR count). The number of rotatable bonds is 33. The number of hydrogen-bond acceptors (Lipinski definition) is 0. The van der Waals surface area contributed by atoms with Crippen LogP contribution in [0, 0.1) is 0 Å². The van der Waals surface area contributed by atoms with Crippen molar-refractivity contribution in [3.05, 3.63) is 209 Å². The van der Waals surface area contributed by atoms with Crippen LogP contribution in [0.5, 0.6) is 0 Å². The van der Waals surface area contributed by atoms with E-state index in [0.29, 0.717) is 5.92 Å². The van der Waals surface area contributed by atoms with Crippen molar-refractivity contribution >= 4 is 5.57 Å². The summed E-state index contributed by atoms with van der Waals surface area (Å²) in [5.41, 5.74) is 23.3. The van der Waals surface area contributed by atoms with E-state index in [1.54, 1.807) is 22.3 Å². The van der Waals surface area contributed by atoms with Gasteiger partial charge in [-0.15, -0.1) is 0 Å². The molecule has 436 valence electrons. The van der Waals surface area contributed by atoms with Crippen LogP contribution in [-0.2, 0) is 16.2 Å². The molecule has 6 aromatic rings. The van der Waals surface area contributed by atoms with E-state index in [2.05, 4.69) is 205 Å². The summed E-state index contributed by atoms with van der Waals surface area (Å²) in [5.74, 6) is 0.456. The maximum absolute atomic E-state index is 2.74. The molecule has 0 N–H and O–H groups in total. The zero-order valence-electron chi connectivity index (χ0n) is 52.5. The molecule has 4 aliphatic rings. The topological polar surface area (TPSA) is 0 Å². The lowest BCUT2D eigenvalue weighted by molar-refractivity contribution is 0.397. The van der Waals surface area contributed by atoms with Crippen LogP contribution >= 0.6 is 0 Å². The van der Waals surface area contributed by atoms with Gasteiger partial charge in [-0.05, 0) is 140 Å². The van der Waals surface area contributed by atoms with Crippen molar-refractivity contribution in [2.24, 2.45) is 0 Å². The number of hydrogen-bond donors (Lipinski definition) is 0. The largest absolute Gasteiger partial charge is 0.0836 e. The monoisotopic (exact) mass is 1100 g/mol. The molecule has 0 spiro atoms. The third-order valence-corrected chi connectivity index (χ3v) is 20.7. The van der Waals surface area contributed by atoms with Crippen molar-refractivity contribution < 1.29 is 0 Å². The molecule has 6 aromatic carbocycles. The van der Waals surface area contributed by atoms with Crippen LogP contribution in [0.15, 0.2) is 170 Å². The van der Waals surface area contributed by atoms with E-state index in [0.717, 1.165) is 12.8 Å². The summed E-state index contributed by atoms with van der Waals surface area (Å²) in [6, 6.07) is 51.0. The zero-order chi connectivity index (χ0) is 57.3. The number of unbranched alkanes of at least 4 members (excludes halogenated alkanes) is 20. The molecular weight excluding hydrogens is 997 g/mol. The summed E-state index contributed by atoms with van der Waals surface area (Å²) in [5, 5.41) is 0. The second-order valence-electron chi connectivity index (χ2n) is 26.5. The summed E-state index contributed by atoms with van der Waals surface area (Å²) in [4.78, 5) is 0. The fourth-order valence-electron chi connectivity index (χ4n) is 15.6. The molecule has 0 fully saturated rings. The molecule has 0 nitrogen and oxygen atoms in total. The van der Waals surface area contributed by atoms with E-state index in [-0.39, 0.29) is 16.2 Å². The summed E-state index contributed by atoms with van der Waals surface area (Å²) >= 11 is 0. The molecule has 0 aromatic heterocycles. The van der Waals surface area contributed by atoms with E-state index >= 15 is 0 Å². The first-order valence-electron chi connectivity index (χ1n) is 34.3. The van der Waals surface area contributed by atoms with Gasteiger partial charge in [0.15, 0.2) is 0 Å². The van der Waals surface area contributed by atoms with Crippen LogP contribution in [0.1, 0.15) is 272 Å².